The molecule has 2 aromatic carbocycles. The summed E-state index contributed by atoms with van der Waals surface area (Å²) in [7, 11) is 3.17. The number of carbonyl (C=O) groups excluding carboxylic acids is 2. The van der Waals surface area contributed by atoms with Gasteiger partial charge in [0.05, 0.1) is 23.9 Å². The van der Waals surface area contributed by atoms with Crippen molar-refractivity contribution in [1.82, 2.24) is 4.98 Å². The maximum absolute atomic E-state index is 12.7. The molecule has 0 aliphatic rings. The number of nitrogens with zero attached hydrogens (tertiary/aromatic N) is 2. The van der Waals surface area contributed by atoms with E-state index in [4.69, 9.17) is 16.3 Å². The maximum Gasteiger partial charge on any atom is 0.259 e. The Kier molecular flexibility index (Phi) is 5.91. The van der Waals surface area contributed by atoms with Crippen molar-refractivity contribution in [2.24, 2.45) is 0 Å². The van der Waals surface area contributed by atoms with Crippen LogP contribution in [-0.2, 0) is 0 Å². The fourth-order valence-electron chi connectivity index (χ4n) is 2.62. The largest absolute Gasteiger partial charge is 0.495 e. The van der Waals surface area contributed by atoms with Crippen LogP contribution in [0, 0.1) is 0 Å². The number of methoxy groups -OCH3 is 1. The van der Waals surface area contributed by atoms with Gasteiger partial charge in [0.25, 0.3) is 11.8 Å². The molecule has 7 heteroatoms. The zero-order valence-electron chi connectivity index (χ0n) is 15.3. The van der Waals surface area contributed by atoms with Crippen LogP contribution in [-0.4, -0.2) is 31.0 Å². The number of para-hydroxylation sites is 1. The summed E-state index contributed by atoms with van der Waals surface area (Å²) >= 11 is 5.99. The van der Waals surface area contributed by atoms with Crippen LogP contribution in [0.15, 0.2) is 67.0 Å². The second-order valence-corrected chi connectivity index (χ2v) is 6.40. The average Bonchev–Trinajstić information content (AvgIpc) is 2.73. The van der Waals surface area contributed by atoms with Gasteiger partial charge in [-0.2, -0.15) is 0 Å². The first-order valence-corrected chi connectivity index (χ1v) is 8.80. The van der Waals surface area contributed by atoms with Crippen molar-refractivity contribution >= 4 is 34.8 Å². The molecule has 0 unspecified atom stereocenters. The monoisotopic (exact) mass is 395 g/mol. The van der Waals surface area contributed by atoms with Gasteiger partial charge >= 0.3 is 0 Å². The summed E-state index contributed by atoms with van der Waals surface area (Å²) in [6.45, 7) is 0. The lowest BCUT2D eigenvalue weighted by atomic mass is 10.1. The Morgan fingerprint density at radius 1 is 1.04 bits per heavy atom. The van der Waals surface area contributed by atoms with Crippen LogP contribution < -0.4 is 15.0 Å². The van der Waals surface area contributed by atoms with Gasteiger partial charge in [0.15, 0.2) is 0 Å². The van der Waals surface area contributed by atoms with Gasteiger partial charge in [-0.25, -0.2) is 0 Å². The molecule has 2 amide bonds. The minimum Gasteiger partial charge on any atom is -0.495 e. The minimum atomic E-state index is -0.426. The van der Waals surface area contributed by atoms with Gasteiger partial charge in [0, 0.05) is 30.2 Å². The Morgan fingerprint density at radius 3 is 2.46 bits per heavy atom. The molecule has 1 aromatic heterocycles. The smallest absolute Gasteiger partial charge is 0.259 e. The number of pyridine rings is 1. The van der Waals surface area contributed by atoms with Gasteiger partial charge in [0.1, 0.15) is 5.75 Å². The molecule has 1 heterocycles. The van der Waals surface area contributed by atoms with Crippen LogP contribution in [0.3, 0.4) is 0 Å². The van der Waals surface area contributed by atoms with Gasteiger partial charge in [0.2, 0.25) is 0 Å². The second kappa shape index (κ2) is 8.54. The maximum atomic E-state index is 12.7. The van der Waals surface area contributed by atoms with Crippen LogP contribution in [0.1, 0.15) is 20.7 Å². The van der Waals surface area contributed by atoms with Crippen molar-refractivity contribution < 1.29 is 14.3 Å². The van der Waals surface area contributed by atoms with Crippen LogP contribution in [0.4, 0.5) is 11.4 Å². The summed E-state index contributed by atoms with van der Waals surface area (Å²) in [6.07, 6.45) is 2.82. The highest BCUT2D eigenvalue weighted by molar-refractivity contribution is 6.31. The van der Waals surface area contributed by atoms with Gasteiger partial charge in [-0.1, -0.05) is 29.8 Å². The second-order valence-electron chi connectivity index (χ2n) is 5.96. The predicted octanol–water partition coefficient (Wildman–Crippen LogP) is 4.27. The molecule has 6 nitrogen and oxygen atoms in total. The fourth-order valence-corrected chi connectivity index (χ4v) is 2.79. The molecule has 142 valence electrons. The summed E-state index contributed by atoms with van der Waals surface area (Å²) < 4.78 is 5.23. The first kappa shape index (κ1) is 19.4. The summed E-state index contributed by atoms with van der Waals surface area (Å²) in [5.41, 5.74) is 1.72. The lowest BCUT2D eigenvalue weighted by Gasteiger charge is -2.17. The van der Waals surface area contributed by atoms with Crippen LogP contribution in [0.2, 0.25) is 5.02 Å². The fraction of sp³-hybridized carbons (Fsp3) is 0.0952. The molecular formula is C21H18ClN3O3. The van der Waals surface area contributed by atoms with Crippen molar-refractivity contribution in [3.63, 3.8) is 0 Å². The number of rotatable bonds is 5. The standard InChI is InChI=1S/C21H18ClN3O3/c1-25(17-6-4-3-5-7-17)21(27)15-10-14(12-23-13-15)20(26)24-18-11-16(22)8-9-19(18)28-2/h3-13H,1-2H3,(H,24,26). The molecule has 0 fully saturated rings. The topological polar surface area (TPSA) is 71.5 Å². The van der Waals surface area contributed by atoms with Gasteiger partial charge in [-0.15, -0.1) is 0 Å². The Labute approximate surface area is 167 Å². The van der Waals surface area contributed by atoms with Crippen LogP contribution in [0.25, 0.3) is 0 Å². The van der Waals surface area contributed by atoms with E-state index in [1.54, 1.807) is 25.2 Å². The number of benzene rings is 2. The quantitative estimate of drug-likeness (QED) is 0.700. The number of aromatic nitrogens is 1. The lowest BCUT2D eigenvalue weighted by molar-refractivity contribution is 0.0992. The molecule has 3 aromatic rings. The number of amides is 2. The third-order valence-electron chi connectivity index (χ3n) is 4.11. The third kappa shape index (κ3) is 4.29. The van der Waals surface area contributed by atoms with Crippen LogP contribution >= 0.6 is 11.6 Å². The zero-order valence-corrected chi connectivity index (χ0v) is 16.1. The lowest BCUT2D eigenvalue weighted by Crippen LogP contribution is -2.26. The van der Waals surface area contributed by atoms with Crippen molar-refractivity contribution in [1.29, 1.82) is 0 Å². The number of carbonyl (C=O) groups is 2. The molecule has 0 spiro atoms. The van der Waals surface area contributed by atoms with E-state index in [1.165, 1.54) is 30.5 Å². The number of halogens is 1. The molecule has 1 N–H and O–H groups in total. The zero-order chi connectivity index (χ0) is 20.1. The van der Waals surface area contributed by atoms with Crippen LogP contribution in [0.5, 0.6) is 5.75 Å². The van der Waals surface area contributed by atoms with Crippen molar-refractivity contribution in [3.8, 4) is 5.75 Å². The SMILES string of the molecule is COc1ccc(Cl)cc1NC(=O)c1cncc(C(=O)N(C)c2ccccc2)c1. The van der Waals surface area contributed by atoms with Crippen molar-refractivity contribution in [2.45, 2.75) is 0 Å². The molecule has 0 radical (unpaired) electrons. The number of nitrogens with one attached hydrogen (secondary N) is 1. The summed E-state index contributed by atoms with van der Waals surface area (Å²) in [6, 6.07) is 15.6. The third-order valence-corrected chi connectivity index (χ3v) is 4.34. The van der Waals surface area contributed by atoms with Gasteiger partial charge in [-0.3, -0.25) is 14.6 Å². The highest BCUT2D eigenvalue weighted by Gasteiger charge is 2.17. The molecular weight excluding hydrogens is 378 g/mol. The Hall–Kier alpha value is -3.38. The Morgan fingerprint density at radius 2 is 1.75 bits per heavy atom. The van der Waals surface area contributed by atoms with E-state index in [1.807, 2.05) is 30.3 Å². The Balaban J connectivity index is 1.82. The van der Waals surface area contributed by atoms with Gasteiger partial charge < -0.3 is 15.0 Å². The van der Waals surface area contributed by atoms with E-state index in [0.717, 1.165) is 5.69 Å². The minimum absolute atomic E-state index is 0.245. The molecule has 0 aliphatic heterocycles. The molecule has 0 bridgehead atoms. The normalized spacial score (nSPS) is 10.2. The summed E-state index contributed by atoms with van der Waals surface area (Å²) in [5.74, 6) is -0.222. The molecule has 0 atom stereocenters. The molecule has 0 saturated carbocycles. The molecule has 3 rings (SSSR count). The predicted molar refractivity (Wildman–Crippen MR) is 109 cm³/mol. The Bertz CT molecular complexity index is 1010. The number of hydrogen-bond donors (Lipinski definition) is 1. The van der Waals surface area contributed by atoms with E-state index < -0.39 is 5.91 Å². The van der Waals surface area contributed by atoms with Gasteiger partial charge in [-0.05, 0) is 36.4 Å². The van der Waals surface area contributed by atoms with E-state index in [9.17, 15) is 9.59 Å². The molecule has 28 heavy (non-hydrogen) atoms. The summed E-state index contributed by atoms with van der Waals surface area (Å²) in [5, 5.41) is 3.19. The van der Waals surface area contributed by atoms with E-state index in [2.05, 4.69) is 10.3 Å². The first-order valence-electron chi connectivity index (χ1n) is 8.42. The van der Waals surface area contributed by atoms with E-state index in [-0.39, 0.29) is 11.5 Å². The van der Waals surface area contributed by atoms with E-state index >= 15 is 0 Å². The number of ether oxygens (including phenoxy) is 1. The van der Waals surface area contributed by atoms with E-state index in [0.29, 0.717) is 22.0 Å². The van der Waals surface area contributed by atoms with Crippen molar-refractivity contribution in [3.05, 3.63) is 83.1 Å². The number of hydrogen-bond acceptors (Lipinski definition) is 4. The first-order chi connectivity index (χ1) is 13.5. The molecule has 0 aliphatic carbocycles. The van der Waals surface area contributed by atoms with Crippen molar-refractivity contribution in [2.75, 3.05) is 24.4 Å². The molecule has 0 saturated heterocycles. The average molecular weight is 396 g/mol. The highest BCUT2D eigenvalue weighted by Crippen LogP contribution is 2.28. The summed E-state index contributed by atoms with van der Waals surface area (Å²) in [4.78, 5) is 30.9. The number of anilines is 2. The highest BCUT2D eigenvalue weighted by atomic mass is 35.5.